The molecule has 6 heteroatoms. The highest BCUT2D eigenvalue weighted by Gasteiger charge is 2.23. The molecule has 1 aliphatic rings. The summed E-state index contributed by atoms with van der Waals surface area (Å²) in [5.41, 5.74) is 0.318. The van der Waals surface area contributed by atoms with Crippen molar-refractivity contribution < 1.29 is 9.59 Å². The Morgan fingerprint density at radius 2 is 2.19 bits per heavy atom. The Bertz CT molecular complexity index is 515. The average Bonchev–Trinajstić information content (AvgIpc) is 2.99. The standard InChI is InChI=1S/C15H20ClN3O2/c1-2-19(11-7-8-17-9-11)10-14(20)18-15(21)12-5-3-4-6-13(12)16/h3-6,11,17H,2,7-10H2,1H3,(H,18,20,21). The van der Waals surface area contributed by atoms with Crippen LogP contribution in [0.1, 0.15) is 23.7 Å². The fraction of sp³-hybridized carbons (Fsp3) is 0.467. The van der Waals surface area contributed by atoms with E-state index in [1.807, 2.05) is 6.92 Å². The van der Waals surface area contributed by atoms with Gasteiger partial charge in [0, 0.05) is 12.6 Å². The third-order valence-electron chi connectivity index (χ3n) is 3.68. The fourth-order valence-electron chi connectivity index (χ4n) is 2.51. The molecule has 1 unspecified atom stereocenters. The molecule has 2 N–H and O–H groups in total. The van der Waals surface area contributed by atoms with Crippen LogP contribution in [0.15, 0.2) is 24.3 Å². The highest BCUT2D eigenvalue weighted by Crippen LogP contribution is 2.14. The summed E-state index contributed by atoms with van der Waals surface area (Å²) in [4.78, 5) is 26.1. The summed E-state index contributed by atoms with van der Waals surface area (Å²) < 4.78 is 0. The largest absolute Gasteiger partial charge is 0.315 e. The van der Waals surface area contributed by atoms with E-state index in [0.717, 1.165) is 26.1 Å². The quantitative estimate of drug-likeness (QED) is 0.860. The molecule has 5 nitrogen and oxygen atoms in total. The molecule has 114 valence electrons. The van der Waals surface area contributed by atoms with Crippen LogP contribution in [0.2, 0.25) is 5.02 Å². The molecule has 1 atom stereocenters. The first-order valence-electron chi connectivity index (χ1n) is 7.15. The minimum atomic E-state index is -0.453. The maximum Gasteiger partial charge on any atom is 0.259 e. The van der Waals surface area contributed by atoms with Crippen LogP contribution in [0.3, 0.4) is 0 Å². The van der Waals surface area contributed by atoms with Crippen LogP contribution in [-0.2, 0) is 4.79 Å². The molecule has 21 heavy (non-hydrogen) atoms. The molecule has 0 saturated carbocycles. The lowest BCUT2D eigenvalue weighted by Gasteiger charge is -2.25. The molecule has 2 amide bonds. The van der Waals surface area contributed by atoms with Crippen molar-refractivity contribution >= 4 is 23.4 Å². The van der Waals surface area contributed by atoms with Crippen LogP contribution >= 0.6 is 11.6 Å². The number of hydrogen-bond donors (Lipinski definition) is 2. The maximum absolute atomic E-state index is 12.0. The molecule has 1 fully saturated rings. The van der Waals surface area contributed by atoms with Crippen molar-refractivity contribution in [3.63, 3.8) is 0 Å². The molecule has 2 rings (SSSR count). The summed E-state index contributed by atoms with van der Waals surface area (Å²) in [5.74, 6) is -0.750. The first kappa shape index (κ1) is 15.9. The average molecular weight is 310 g/mol. The fourth-order valence-corrected chi connectivity index (χ4v) is 2.74. The predicted octanol–water partition coefficient (Wildman–Crippen LogP) is 1.28. The normalized spacial score (nSPS) is 18.0. The van der Waals surface area contributed by atoms with E-state index in [1.54, 1.807) is 24.3 Å². The van der Waals surface area contributed by atoms with E-state index < -0.39 is 5.91 Å². The topological polar surface area (TPSA) is 61.4 Å². The summed E-state index contributed by atoms with van der Waals surface area (Å²) >= 11 is 5.95. The number of nitrogens with zero attached hydrogens (tertiary/aromatic N) is 1. The summed E-state index contributed by atoms with van der Waals surface area (Å²) in [6.45, 7) is 4.88. The monoisotopic (exact) mass is 309 g/mol. The van der Waals surface area contributed by atoms with E-state index in [4.69, 9.17) is 11.6 Å². The third-order valence-corrected chi connectivity index (χ3v) is 4.00. The molecule has 1 aromatic carbocycles. The van der Waals surface area contributed by atoms with Crippen molar-refractivity contribution in [2.24, 2.45) is 0 Å². The second-order valence-electron chi connectivity index (χ2n) is 5.07. The van der Waals surface area contributed by atoms with E-state index in [0.29, 0.717) is 16.6 Å². The number of carbonyl (C=O) groups is 2. The number of nitrogens with one attached hydrogen (secondary N) is 2. The Balaban J connectivity index is 1.91. The Kier molecular flexibility index (Phi) is 5.73. The van der Waals surface area contributed by atoms with Gasteiger partial charge in [0.1, 0.15) is 0 Å². The molecule has 0 aromatic heterocycles. The molecule has 0 bridgehead atoms. The van der Waals surface area contributed by atoms with Gasteiger partial charge in [0.2, 0.25) is 5.91 Å². The van der Waals surface area contributed by atoms with Gasteiger partial charge in [-0.2, -0.15) is 0 Å². The van der Waals surface area contributed by atoms with E-state index in [2.05, 4.69) is 15.5 Å². The zero-order chi connectivity index (χ0) is 15.2. The van der Waals surface area contributed by atoms with Gasteiger partial charge in [-0.3, -0.25) is 19.8 Å². The van der Waals surface area contributed by atoms with Crippen molar-refractivity contribution in [3.05, 3.63) is 34.9 Å². The summed E-state index contributed by atoms with van der Waals surface area (Å²) in [6, 6.07) is 7.05. The van der Waals surface area contributed by atoms with E-state index in [9.17, 15) is 9.59 Å². The zero-order valence-electron chi connectivity index (χ0n) is 12.1. The lowest BCUT2D eigenvalue weighted by atomic mass is 10.2. The number of benzene rings is 1. The second kappa shape index (κ2) is 7.54. The van der Waals surface area contributed by atoms with Crippen LogP contribution in [0.5, 0.6) is 0 Å². The number of carbonyl (C=O) groups excluding carboxylic acids is 2. The van der Waals surface area contributed by atoms with Crippen molar-refractivity contribution in [3.8, 4) is 0 Å². The van der Waals surface area contributed by atoms with Crippen LogP contribution in [-0.4, -0.2) is 48.9 Å². The van der Waals surface area contributed by atoms with E-state index in [-0.39, 0.29) is 12.5 Å². The first-order valence-corrected chi connectivity index (χ1v) is 7.53. The molecular formula is C15H20ClN3O2. The number of halogens is 1. The highest BCUT2D eigenvalue weighted by atomic mass is 35.5. The predicted molar refractivity (Wildman–Crippen MR) is 82.4 cm³/mol. The van der Waals surface area contributed by atoms with E-state index in [1.165, 1.54) is 0 Å². The lowest BCUT2D eigenvalue weighted by Crippen LogP contribution is -2.45. The van der Waals surface area contributed by atoms with Gasteiger partial charge in [0.05, 0.1) is 17.1 Å². The summed E-state index contributed by atoms with van der Waals surface area (Å²) in [6.07, 6.45) is 1.03. The SMILES string of the molecule is CCN(CC(=O)NC(=O)c1ccccc1Cl)C1CCNC1. The highest BCUT2D eigenvalue weighted by molar-refractivity contribution is 6.34. The van der Waals surface area contributed by atoms with Gasteiger partial charge < -0.3 is 5.32 Å². The summed E-state index contributed by atoms with van der Waals surface area (Å²) in [7, 11) is 0. The van der Waals surface area contributed by atoms with Gasteiger partial charge in [0.25, 0.3) is 5.91 Å². The second-order valence-corrected chi connectivity index (χ2v) is 5.47. The number of imide groups is 1. The van der Waals surface area contributed by atoms with Crippen molar-refractivity contribution in [2.75, 3.05) is 26.2 Å². The molecular weight excluding hydrogens is 290 g/mol. The van der Waals surface area contributed by atoms with Crippen LogP contribution in [0.4, 0.5) is 0 Å². The van der Waals surface area contributed by atoms with E-state index >= 15 is 0 Å². The van der Waals surface area contributed by atoms with Crippen molar-refractivity contribution in [1.82, 2.24) is 15.5 Å². The smallest absolute Gasteiger partial charge is 0.259 e. The Morgan fingerprint density at radius 3 is 2.81 bits per heavy atom. The van der Waals surface area contributed by atoms with Crippen LogP contribution in [0, 0.1) is 0 Å². The molecule has 1 aliphatic heterocycles. The first-order chi connectivity index (χ1) is 10.1. The minimum Gasteiger partial charge on any atom is -0.315 e. The Labute approximate surface area is 129 Å². The van der Waals surface area contributed by atoms with Gasteiger partial charge >= 0.3 is 0 Å². The third kappa shape index (κ3) is 4.27. The number of rotatable bonds is 5. The number of hydrogen-bond acceptors (Lipinski definition) is 4. The van der Waals surface area contributed by atoms with Gasteiger partial charge in [-0.1, -0.05) is 30.7 Å². The van der Waals surface area contributed by atoms with Gasteiger partial charge in [-0.25, -0.2) is 0 Å². The molecule has 1 heterocycles. The minimum absolute atomic E-state index is 0.221. The molecule has 0 spiro atoms. The van der Waals surface area contributed by atoms with Crippen molar-refractivity contribution in [1.29, 1.82) is 0 Å². The number of amides is 2. The summed E-state index contributed by atoms with van der Waals surface area (Å²) in [5, 5.41) is 6.02. The number of likely N-dealkylation sites (N-methyl/N-ethyl adjacent to an activating group) is 1. The van der Waals surface area contributed by atoms with Crippen LogP contribution < -0.4 is 10.6 Å². The lowest BCUT2D eigenvalue weighted by molar-refractivity contribution is -0.121. The molecule has 1 aromatic rings. The Hall–Kier alpha value is -1.43. The van der Waals surface area contributed by atoms with Gasteiger partial charge in [0.15, 0.2) is 0 Å². The maximum atomic E-state index is 12.0. The van der Waals surface area contributed by atoms with Gasteiger partial charge in [-0.05, 0) is 31.6 Å². The van der Waals surface area contributed by atoms with Crippen LogP contribution in [0.25, 0.3) is 0 Å². The van der Waals surface area contributed by atoms with Gasteiger partial charge in [-0.15, -0.1) is 0 Å². The molecule has 0 aliphatic carbocycles. The van der Waals surface area contributed by atoms with Crippen molar-refractivity contribution in [2.45, 2.75) is 19.4 Å². The Morgan fingerprint density at radius 1 is 1.43 bits per heavy atom. The molecule has 0 radical (unpaired) electrons. The zero-order valence-corrected chi connectivity index (χ0v) is 12.8. The molecule has 1 saturated heterocycles.